The Hall–Kier alpha value is -1.52. The smallest absolute Gasteiger partial charge is 0.251 e. The molecule has 94 valence electrons. The Bertz CT molecular complexity index is 397. The summed E-state index contributed by atoms with van der Waals surface area (Å²) in [6.45, 7) is 3.75. The van der Waals surface area contributed by atoms with Gasteiger partial charge in [-0.1, -0.05) is 13.3 Å². The maximum atomic E-state index is 12.9. The predicted octanol–water partition coefficient (Wildman–Crippen LogP) is 3.02. The first-order valence-electron chi connectivity index (χ1n) is 5.41. The summed E-state index contributed by atoms with van der Waals surface area (Å²) in [5.41, 5.74) is -0.218. The van der Waals surface area contributed by atoms with Gasteiger partial charge in [0, 0.05) is 11.6 Å². The molecule has 1 N–H and O–H groups in total. The van der Waals surface area contributed by atoms with Crippen LogP contribution in [-0.2, 0) is 0 Å². The van der Waals surface area contributed by atoms with Crippen molar-refractivity contribution in [1.29, 1.82) is 0 Å². The second-order valence-corrected chi connectivity index (χ2v) is 3.92. The molecule has 0 aliphatic carbocycles. The van der Waals surface area contributed by atoms with Gasteiger partial charge in [-0.05, 0) is 25.5 Å². The van der Waals surface area contributed by atoms with E-state index in [1.807, 2.05) is 6.92 Å². The maximum absolute atomic E-state index is 12.9. The number of hydrogen-bond acceptors (Lipinski definition) is 1. The Kier molecular flexibility index (Phi) is 4.54. The van der Waals surface area contributed by atoms with Crippen LogP contribution in [0, 0.1) is 17.5 Å². The van der Waals surface area contributed by atoms with Crippen molar-refractivity contribution >= 4 is 5.91 Å². The van der Waals surface area contributed by atoms with Crippen LogP contribution >= 0.6 is 0 Å². The number of rotatable bonds is 4. The second kappa shape index (κ2) is 5.70. The third-order valence-electron chi connectivity index (χ3n) is 2.35. The molecule has 1 unspecified atom stereocenters. The molecule has 5 heteroatoms. The molecule has 1 atom stereocenters. The molecular formula is C12H14F3NO. The molecule has 0 aliphatic rings. The molecule has 0 bridgehead atoms. The Morgan fingerprint density at radius 3 is 2.29 bits per heavy atom. The molecule has 0 aromatic heterocycles. The van der Waals surface area contributed by atoms with Gasteiger partial charge in [0.2, 0.25) is 0 Å². The zero-order chi connectivity index (χ0) is 13.0. The van der Waals surface area contributed by atoms with E-state index in [0.29, 0.717) is 12.1 Å². The molecule has 1 rings (SSSR count). The summed E-state index contributed by atoms with van der Waals surface area (Å²) in [4.78, 5) is 11.6. The van der Waals surface area contributed by atoms with Crippen molar-refractivity contribution in [3.8, 4) is 0 Å². The lowest BCUT2D eigenvalue weighted by molar-refractivity contribution is 0.0937. The summed E-state index contributed by atoms with van der Waals surface area (Å²) in [6.07, 6.45) is 1.64. The zero-order valence-corrected chi connectivity index (χ0v) is 9.69. The van der Waals surface area contributed by atoms with Gasteiger partial charge in [0.1, 0.15) is 0 Å². The van der Waals surface area contributed by atoms with Gasteiger partial charge >= 0.3 is 0 Å². The van der Waals surface area contributed by atoms with E-state index >= 15 is 0 Å². The first-order chi connectivity index (χ1) is 7.95. The standard InChI is InChI=1S/C12H14F3NO/c1-3-4-7(2)16-12(17)8-5-9(13)11(15)10(14)6-8/h5-7H,3-4H2,1-2H3,(H,16,17). The number of halogens is 3. The molecule has 17 heavy (non-hydrogen) atoms. The molecule has 0 aliphatic heterocycles. The highest BCUT2D eigenvalue weighted by molar-refractivity contribution is 5.94. The van der Waals surface area contributed by atoms with E-state index in [1.165, 1.54) is 0 Å². The number of hydrogen-bond donors (Lipinski definition) is 1. The highest BCUT2D eigenvalue weighted by atomic mass is 19.2. The van der Waals surface area contributed by atoms with Crippen molar-refractivity contribution in [3.63, 3.8) is 0 Å². The van der Waals surface area contributed by atoms with Crippen molar-refractivity contribution in [2.24, 2.45) is 0 Å². The van der Waals surface area contributed by atoms with E-state index in [9.17, 15) is 18.0 Å². The first-order valence-corrected chi connectivity index (χ1v) is 5.41. The van der Waals surface area contributed by atoms with Crippen LogP contribution in [0.1, 0.15) is 37.0 Å². The van der Waals surface area contributed by atoms with Crippen LogP contribution < -0.4 is 5.32 Å². The van der Waals surface area contributed by atoms with Crippen molar-refractivity contribution in [2.75, 3.05) is 0 Å². The molecule has 2 nitrogen and oxygen atoms in total. The largest absolute Gasteiger partial charge is 0.350 e. The predicted molar refractivity (Wildman–Crippen MR) is 58.2 cm³/mol. The van der Waals surface area contributed by atoms with Crippen LogP contribution in [0.15, 0.2) is 12.1 Å². The highest BCUT2D eigenvalue weighted by Crippen LogP contribution is 2.13. The summed E-state index contributed by atoms with van der Waals surface area (Å²) in [5.74, 6) is -4.90. The van der Waals surface area contributed by atoms with Crippen molar-refractivity contribution < 1.29 is 18.0 Å². The van der Waals surface area contributed by atoms with E-state index in [4.69, 9.17) is 0 Å². The lowest BCUT2D eigenvalue weighted by Crippen LogP contribution is -2.32. The van der Waals surface area contributed by atoms with Gasteiger partial charge in [0.05, 0.1) is 0 Å². The topological polar surface area (TPSA) is 29.1 Å². The fourth-order valence-electron chi connectivity index (χ4n) is 1.50. The van der Waals surface area contributed by atoms with Gasteiger partial charge in [0.25, 0.3) is 5.91 Å². The molecule has 0 saturated heterocycles. The van der Waals surface area contributed by atoms with Gasteiger partial charge < -0.3 is 5.32 Å². The SMILES string of the molecule is CCCC(C)NC(=O)c1cc(F)c(F)c(F)c1. The van der Waals surface area contributed by atoms with Gasteiger partial charge in [-0.15, -0.1) is 0 Å². The average Bonchev–Trinajstić information content (AvgIpc) is 2.25. The van der Waals surface area contributed by atoms with E-state index < -0.39 is 23.4 Å². The van der Waals surface area contributed by atoms with Gasteiger partial charge in [-0.3, -0.25) is 4.79 Å². The van der Waals surface area contributed by atoms with E-state index in [0.717, 1.165) is 12.8 Å². The van der Waals surface area contributed by atoms with Crippen LogP contribution in [-0.4, -0.2) is 11.9 Å². The summed E-state index contributed by atoms with van der Waals surface area (Å²) < 4.78 is 38.5. The highest BCUT2D eigenvalue weighted by Gasteiger charge is 2.16. The first kappa shape index (κ1) is 13.5. The van der Waals surface area contributed by atoms with Crippen molar-refractivity contribution in [2.45, 2.75) is 32.7 Å². The van der Waals surface area contributed by atoms with Gasteiger partial charge in [-0.2, -0.15) is 0 Å². The Balaban J connectivity index is 2.83. The molecule has 0 radical (unpaired) electrons. The van der Waals surface area contributed by atoms with Crippen molar-refractivity contribution in [1.82, 2.24) is 5.32 Å². The second-order valence-electron chi connectivity index (χ2n) is 3.92. The van der Waals surface area contributed by atoms with E-state index in [2.05, 4.69) is 5.32 Å². The normalized spacial score (nSPS) is 12.3. The molecule has 1 aromatic rings. The molecule has 1 aromatic carbocycles. The minimum atomic E-state index is -1.57. The third-order valence-corrected chi connectivity index (χ3v) is 2.35. The van der Waals surface area contributed by atoms with Crippen LogP contribution in [0.4, 0.5) is 13.2 Å². The third kappa shape index (κ3) is 3.47. The summed E-state index contributed by atoms with van der Waals surface area (Å²) in [7, 11) is 0. The molecule has 0 spiro atoms. The Morgan fingerprint density at radius 1 is 1.29 bits per heavy atom. The summed E-state index contributed by atoms with van der Waals surface area (Å²) in [5, 5.41) is 2.58. The lowest BCUT2D eigenvalue weighted by Gasteiger charge is -2.12. The summed E-state index contributed by atoms with van der Waals surface area (Å²) >= 11 is 0. The Morgan fingerprint density at radius 2 is 1.82 bits per heavy atom. The zero-order valence-electron chi connectivity index (χ0n) is 9.69. The molecule has 0 heterocycles. The number of nitrogens with one attached hydrogen (secondary N) is 1. The van der Waals surface area contributed by atoms with Crippen molar-refractivity contribution in [3.05, 3.63) is 35.1 Å². The maximum Gasteiger partial charge on any atom is 0.251 e. The van der Waals surface area contributed by atoms with Crippen LogP contribution in [0.2, 0.25) is 0 Å². The van der Waals surface area contributed by atoms with Crippen LogP contribution in [0.3, 0.4) is 0 Å². The van der Waals surface area contributed by atoms with E-state index in [-0.39, 0.29) is 11.6 Å². The molecule has 1 amide bonds. The van der Waals surface area contributed by atoms with Gasteiger partial charge in [0.15, 0.2) is 17.5 Å². The fourth-order valence-corrected chi connectivity index (χ4v) is 1.50. The fraction of sp³-hybridized carbons (Fsp3) is 0.417. The number of benzene rings is 1. The minimum Gasteiger partial charge on any atom is -0.350 e. The molecule has 0 fully saturated rings. The monoisotopic (exact) mass is 245 g/mol. The van der Waals surface area contributed by atoms with Crippen LogP contribution in [0.5, 0.6) is 0 Å². The molecule has 0 saturated carbocycles. The van der Waals surface area contributed by atoms with Gasteiger partial charge in [-0.25, -0.2) is 13.2 Å². The van der Waals surface area contributed by atoms with Crippen LogP contribution in [0.25, 0.3) is 0 Å². The average molecular weight is 245 g/mol. The lowest BCUT2D eigenvalue weighted by atomic mass is 10.1. The number of carbonyl (C=O) groups is 1. The Labute approximate surface area is 97.8 Å². The number of carbonyl (C=O) groups excluding carboxylic acids is 1. The van der Waals surface area contributed by atoms with E-state index in [1.54, 1.807) is 6.92 Å². The molecular weight excluding hydrogens is 231 g/mol. The quantitative estimate of drug-likeness (QED) is 0.812. The summed E-state index contributed by atoms with van der Waals surface area (Å²) in [6, 6.07) is 1.28. The minimum absolute atomic E-state index is 0.0938. The number of amides is 1.